The van der Waals surface area contributed by atoms with Crippen molar-refractivity contribution in [3.63, 3.8) is 0 Å². The van der Waals surface area contributed by atoms with Gasteiger partial charge in [-0.2, -0.15) is 0 Å². The highest BCUT2D eigenvalue weighted by atomic mass is 16.5. The zero-order valence-electron chi connectivity index (χ0n) is 12.0. The van der Waals surface area contributed by atoms with Crippen LogP contribution in [0.1, 0.15) is 27.7 Å². The minimum Gasteiger partial charge on any atom is -0.480 e. The van der Waals surface area contributed by atoms with Crippen molar-refractivity contribution in [3.05, 3.63) is 0 Å². The third-order valence-electron chi connectivity index (χ3n) is 1.95. The maximum Gasteiger partial charge on any atom is 0.323 e. The van der Waals surface area contributed by atoms with Crippen LogP contribution in [0.2, 0.25) is 0 Å². The van der Waals surface area contributed by atoms with E-state index in [1.54, 1.807) is 13.8 Å². The van der Waals surface area contributed by atoms with Crippen LogP contribution in [0.15, 0.2) is 0 Å². The molecule has 106 valence electrons. The van der Waals surface area contributed by atoms with Crippen LogP contribution >= 0.6 is 0 Å². The third-order valence-corrected chi connectivity index (χ3v) is 1.95. The van der Waals surface area contributed by atoms with Gasteiger partial charge < -0.3 is 15.3 Å². The lowest BCUT2D eigenvalue weighted by Crippen LogP contribution is -2.23. The minimum atomic E-state index is -1.01. The van der Waals surface area contributed by atoms with Gasteiger partial charge in [0.1, 0.15) is 10.8 Å². The molecular formula is C14H21NO4. The van der Waals surface area contributed by atoms with E-state index in [1.165, 1.54) is 21.0 Å². The first kappa shape index (κ1) is 22.0. The predicted molar refractivity (Wildman–Crippen MR) is 74.7 cm³/mol. The lowest BCUT2D eigenvalue weighted by molar-refractivity contribution is -0.147. The topological polar surface area (TPSA) is 87.4 Å². The molecule has 0 amide bonds. The number of carbonyl (C=O) groups excluding carboxylic acids is 1. The maximum absolute atomic E-state index is 10.7. The van der Waals surface area contributed by atoms with E-state index in [-0.39, 0.29) is 5.97 Å². The first-order valence-corrected chi connectivity index (χ1v) is 5.18. The molecule has 0 bridgehead atoms. The minimum absolute atomic E-state index is 0.370. The van der Waals surface area contributed by atoms with Crippen LogP contribution in [0.5, 0.6) is 0 Å². The number of carbonyl (C=O) groups is 2. The first-order valence-electron chi connectivity index (χ1n) is 5.18. The van der Waals surface area contributed by atoms with E-state index < -0.39 is 16.8 Å². The van der Waals surface area contributed by atoms with Gasteiger partial charge in [0.05, 0.1) is 7.11 Å². The van der Waals surface area contributed by atoms with Crippen molar-refractivity contribution in [3.8, 4) is 24.7 Å². The second-order valence-electron chi connectivity index (χ2n) is 4.34. The van der Waals surface area contributed by atoms with Gasteiger partial charge >= 0.3 is 11.9 Å². The van der Waals surface area contributed by atoms with Crippen molar-refractivity contribution in [1.82, 2.24) is 0 Å². The summed E-state index contributed by atoms with van der Waals surface area (Å²) in [5.41, 5.74) is -1.80. The molecule has 0 aliphatic rings. The van der Waals surface area contributed by atoms with Crippen LogP contribution in [0, 0.1) is 40.9 Å². The van der Waals surface area contributed by atoms with E-state index in [0.717, 1.165) is 0 Å². The Labute approximate surface area is 114 Å². The van der Waals surface area contributed by atoms with Crippen molar-refractivity contribution in [1.29, 1.82) is 5.41 Å². The molecule has 0 radical (unpaired) electrons. The largest absolute Gasteiger partial charge is 0.480 e. The van der Waals surface area contributed by atoms with Gasteiger partial charge in [0.15, 0.2) is 0 Å². The van der Waals surface area contributed by atoms with E-state index in [0.29, 0.717) is 0 Å². The van der Waals surface area contributed by atoms with Gasteiger partial charge in [0.25, 0.3) is 0 Å². The van der Waals surface area contributed by atoms with Gasteiger partial charge in [-0.3, -0.25) is 9.59 Å². The summed E-state index contributed by atoms with van der Waals surface area (Å²) in [5, 5.41) is 13.8. The standard InChI is InChI=1S/C7H10O2.C6H8O2.CH3N/c1-5-7(2,3)6(8)9-4;1-4-6(2,3)5(7)8;1-2/h1H,2-4H3;1H,2-3H3,(H,7,8);2H,1H2. The van der Waals surface area contributed by atoms with E-state index in [2.05, 4.69) is 23.3 Å². The SMILES string of the molecule is C#CC(C)(C)C(=O)O.C#CC(C)(C)C(=O)OC.C=N. The monoisotopic (exact) mass is 267 g/mol. The van der Waals surface area contributed by atoms with Gasteiger partial charge in [0.2, 0.25) is 0 Å². The summed E-state index contributed by atoms with van der Waals surface area (Å²) in [5.74, 6) is 3.13. The number of hydrogen-bond donors (Lipinski definition) is 2. The highest BCUT2D eigenvalue weighted by molar-refractivity contribution is 5.79. The summed E-state index contributed by atoms with van der Waals surface area (Å²) in [7, 11) is 1.32. The molecule has 0 atom stereocenters. The second-order valence-corrected chi connectivity index (χ2v) is 4.34. The molecule has 2 N–H and O–H groups in total. The van der Waals surface area contributed by atoms with Gasteiger partial charge in [-0.25, -0.2) is 0 Å². The number of ether oxygens (including phenoxy) is 1. The van der Waals surface area contributed by atoms with Crippen molar-refractivity contribution in [2.24, 2.45) is 10.8 Å². The molecule has 0 aromatic rings. The highest BCUT2D eigenvalue weighted by Crippen LogP contribution is 2.14. The predicted octanol–water partition coefficient (Wildman–Crippen LogP) is 1.81. The summed E-state index contributed by atoms with van der Waals surface area (Å²) >= 11 is 0. The van der Waals surface area contributed by atoms with E-state index >= 15 is 0 Å². The Morgan fingerprint density at radius 3 is 1.47 bits per heavy atom. The second kappa shape index (κ2) is 9.73. The number of carboxylic acids is 1. The van der Waals surface area contributed by atoms with E-state index in [9.17, 15) is 9.59 Å². The summed E-state index contributed by atoms with van der Waals surface area (Å²) in [4.78, 5) is 20.8. The fraction of sp³-hybridized carbons (Fsp3) is 0.500. The number of esters is 1. The molecule has 0 saturated carbocycles. The maximum atomic E-state index is 10.7. The molecular weight excluding hydrogens is 246 g/mol. The van der Waals surface area contributed by atoms with Gasteiger partial charge in [-0.15, -0.1) is 12.8 Å². The lowest BCUT2D eigenvalue weighted by atomic mass is 9.96. The van der Waals surface area contributed by atoms with Crippen molar-refractivity contribution in [2.45, 2.75) is 27.7 Å². The highest BCUT2D eigenvalue weighted by Gasteiger charge is 2.25. The van der Waals surface area contributed by atoms with Gasteiger partial charge in [-0.05, 0) is 34.4 Å². The molecule has 19 heavy (non-hydrogen) atoms. The normalized spacial score (nSPS) is 9.21. The van der Waals surface area contributed by atoms with Crippen LogP contribution in [-0.2, 0) is 14.3 Å². The molecule has 0 spiro atoms. The van der Waals surface area contributed by atoms with E-state index in [4.69, 9.17) is 23.4 Å². The number of hydrogen-bond acceptors (Lipinski definition) is 4. The number of rotatable bonds is 2. The Morgan fingerprint density at radius 2 is 1.42 bits per heavy atom. The number of carboxylic acid groups (broad SMARTS) is 1. The van der Waals surface area contributed by atoms with Crippen LogP contribution in [0.4, 0.5) is 0 Å². The number of terminal acetylenes is 2. The zero-order valence-corrected chi connectivity index (χ0v) is 12.0. The van der Waals surface area contributed by atoms with Crippen molar-refractivity contribution in [2.75, 3.05) is 7.11 Å². The van der Waals surface area contributed by atoms with E-state index in [1.807, 2.05) is 0 Å². The molecule has 0 aliphatic carbocycles. The Morgan fingerprint density at radius 1 is 1.11 bits per heavy atom. The Bertz CT molecular complexity index is 383. The van der Waals surface area contributed by atoms with Crippen molar-refractivity contribution < 1.29 is 19.4 Å². The first-order chi connectivity index (χ1) is 8.55. The van der Waals surface area contributed by atoms with Crippen LogP contribution in [0.3, 0.4) is 0 Å². The van der Waals surface area contributed by atoms with Crippen LogP contribution < -0.4 is 0 Å². The summed E-state index contributed by atoms with van der Waals surface area (Å²) in [6.45, 7) is 8.74. The smallest absolute Gasteiger partial charge is 0.323 e. The number of aliphatic carboxylic acids is 1. The zero-order chi connectivity index (χ0) is 16.3. The third kappa shape index (κ3) is 9.43. The fourth-order valence-electron chi connectivity index (χ4n) is 0.376. The molecule has 0 aliphatic heterocycles. The van der Waals surface area contributed by atoms with Gasteiger partial charge in [-0.1, -0.05) is 11.8 Å². The Hall–Kier alpha value is -2.27. The average molecular weight is 267 g/mol. The Balaban J connectivity index is -0.000000239. The fourth-order valence-corrected chi connectivity index (χ4v) is 0.376. The molecule has 0 fully saturated rings. The molecule has 5 heteroatoms. The quantitative estimate of drug-likeness (QED) is 0.454. The molecule has 0 aromatic heterocycles. The molecule has 0 rings (SSSR count). The molecule has 0 saturated heterocycles. The van der Waals surface area contributed by atoms with Crippen LogP contribution in [-0.4, -0.2) is 30.9 Å². The summed E-state index contributed by atoms with van der Waals surface area (Å²) in [6.07, 6.45) is 9.91. The summed E-state index contributed by atoms with van der Waals surface area (Å²) in [6, 6.07) is 0. The Kier molecular flexibility index (Phi) is 11.2. The van der Waals surface area contributed by atoms with Crippen LogP contribution in [0.25, 0.3) is 0 Å². The van der Waals surface area contributed by atoms with Crippen molar-refractivity contribution >= 4 is 18.7 Å². The number of nitrogens with one attached hydrogen (secondary N) is 1. The lowest BCUT2D eigenvalue weighted by Gasteiger charge is -2.12. The number of methoxy groups -OCH3 is 1. The summed E-state index contributed by atoms with van der Waals surface area (Å²) < 4.78 is 4.42. The van der Waals surface area contributed by atoms with Gasteiger partial charge in [0, 0.05) is 0 Å². The molecule has 5 nitrogen and oxygen atoms in total. The average Bonchev–Trinajstić information content (AvgIpc) is 2.40. The molecule has 0 heterocycles. The molecule has 0 aromatic carbocycles. The molecule has 0 unspecified atom stereocenters.